The maximum atomic E-state index is 13.5. The van der Waals surface area contributed by atoms with Gasteiger partial charge in [-0.15, -0.1) is 0 Å². The molecule has 0 aliphatic heterocycles. The molecule has 0 radical (unpaired) electrons. The second-order valence-corrected chi connectivity index (χ2v) is 3.98. The van der Waals surface area contributed by atoms with Gasteiger partial charge in [0.05, 0.1) is 13.7 Å². The lowest BCUT2D eigenvalue weighted by molar-refractivity contribution is 0.209. The Morgan fingerprint density at radius 2 is 1.80 bits per heavy atom. The van der Waals surface area contributed by atoms with E-state index in [0.29, 0.717) is 0 Å². The maximum absolute atomic E-state index is 13.5. The van der Waals surface area contributed by atoms with Crippen LogP contribution in [0.25, 0.3) is 0 Å². The van der Waals surface area contributed by atoms with Gasteiger partial charge in [0.25, 0.3) is 0 Å². The number of hydrogen-bond acceptors (Lipinski definition) is 2. The molecule has 0 unspecified atom stereocenters. The largest absolute Gasteiger partial charge is 0.493 e. The summed E-state index contributed by atoms with van der Waals surface area (Å²) in [6, 6.07) is 2.04. The molecule has 1 aromatic carbocycles. The van der Waals surface area contributed by atoms with Crippen molar-refractivity contribution >= 4 is 0 Å². The molecule has 0 aromatic heterocycles. The van der Waals surface area contributed by atoms with Crippen molar-refractivity contribution in [2.24, 2.45) is 0 Å². The molecule has 0 bridgehead atoms. The van der Waals surface area contributed by atoms with E-state index >= 15 is 0 Å². The zero-order valence-electron chi connectivity index (χ0n) is 8.97. The highest BCUT2D eigenvalue weighted by Gasteiger charge is 2.29. The van der Waals surface area contributed by atoms with E-state index in [4.69, 9.17) is 9.84 Å². The van der Waals surface area contributed by atoms with Crippen LogP contribution in [0.3, 0.4) is 0 Å². The van der Waals surface area contributed by atoms with Gasteiger partial charge in [0.2, 0.25) is 0 Å². The van der Waals surface area contributed by atoms with Crippen LogP contribution in [0.2, 0.25) is 0 Å². The quantitative estimate of drug-likeness (QED) is 0.839. The predicted molar refractivity (Wildman–Crippen MR) is 53.0 cm³/mol. The summed E-state index contributed by atoms with van der Waals surface area (Å²) in [6.07, 6.45) is 0. The van der Waals surface area contributed by atoms with Gasteiger partial charge < -0.3 is 9.84 Å². The first-order chi connectivity index (χ1) is 6.94. The van der Waals surface area contributed by atoms with Crippen molar-refractivity contribution in [3.8, 4) is 5.75 Å². The van der Waals surface area contributed by atoms with Gasteiger partial charge in [-0.3, -0.25) is 0 Å². The molecule has 0 aliphatic rings. The maximum Gasteiger partial charge on any atom is 0.165 e. The smallest absolute Gasteiger partial charge is 0.165 e. The Labute approximate surface area is 87.5 Å². The molecular formula is C11H14F2O2. The monoisotopic (exact) mass is 216 g/mol. The van der Waals surface area contributed by atoms with Gasteiger partial charge in [0, 0.05) is 11.0 Å². The Kier molecular flexibility index (Phi) is 3.29. The van der Waals surface area contributed by atoms with Crippen molar-refractivity contribution in [3.63, 3.8) is 0 Å². The zero-order chi connectivity index (χ0) is 11.6. The SMILES string of the molecule is COc1c(F)ccc(F)c1C(C)(C)CO. The first kappa shape index (κ1) is 11.9. The molecule has 4 heteroatoms. The fraction of sp³-hybridized carbons (Fsp3) is 0.455. The number of hydrogen-bond donors (Lipinski definition) is 1. The van der Waals surface area contributed by atoms with Crippen molar-refractivity contribution in [2.45, 2.75) is 19.3 Å². The van der Waals surface area contributed by atoms with E-state index in [1.165, 1.54) is 7.11 Å². The molecule has 0 atom stereocenters. The minimum Gasteiger partial charge on any atom is -0.493 e. The highest BCUT2D eigenvalue weighted by atomic mass is 19.1. The Bertz CT molecular complexity index is 362. The van der Waals surface area contributed by atoms with Gasteiger partial charge >= 0.3 is 0 Å². The number of ether oxygens (including phenoxy) is 1. The third kappa shape index (κ3) is 2.09. The summed E-state index contributed by atoms with van der Waals surface area (Å²) < 4.78 is 31.7. The number of methoxy groups -OCH3 is 1. The van der Waals surface area contributed by atoms with Crippen LogP contribution in [0.15, 0.2) is 12.1 Å². The summed E-state index contributed by atoms with van der Waals surface area (Å²) in [5.41, 5.74) is -0.815. The van der Waals surface area contributed by atoms with Crippen LogP contribution in [0.1, 0.15) is 19.4 Å². The molecule has 1 N–H and O–H groups in total. The minimum atomic E-state index is -0.877. The second kappa shape index (κ2) is 4.14. The Morgan fingerprint density at radius 3 is 2.27 bits per heavy atom. The van der Waals surface area contributed by atoms with E-state index in [-0.39, 0.29) is 17.9 Å². The summed E-state index contributed by atoms with van der Waals surface area (Å²) in [5.74, 6) is -1.35. The van der Waals surface area contributed by atoms with E-state index < -0.39 is 17.0 Å². The van der Waals surface area contributed by atoms with Gasteiger partial charge in [-0.25, -0.2) is 8.78 Å². The van der Waals surface area contributed by atoms with Gasteiger partial charge in [-0.2, -0.15) is 0 Å². The topological polar surface area (TPSA) is 29.5 Å². The predicted octanol–water partition coefficient (Wildman–Crippen LogP) is 2.24. The third-order valence-corrected chi connectivity index (χ3v) is 2.33. The summed E-state index contributed by atoms with van der Waals surface area (Å²) in [6.45, 7) is 2.95. The van der Waals surface area contributed by atoms with E-state index in [1.54, 1.807) is 13.8 Å². The third-order valence-electron chi connectivity index (χ3n) is 2.33. The van der Waals surface area contributed by atoms with Crippen molar-refractivity contribution in [1.82, 2.24) is 0 Å². The van der Waals surface area contributed by atoms with Crippen LogP contribution in [-0.2, 0) is 5.41 Å². The van der Waals surface area contributed by atoms with E-state index in [9.17, 15) is 8.78 Å². The Morgan fingerprint density at radius 1 is 1.27 bits per heavy atom. The van der Waals surface area contributed by atoms with Crippen LogP contribution < -0.4 is 4.74 Å². The molecule has 15 heavy (non-hydrogen) atoms. The average Bonchev–Trinajstić information content (AvgIpc) is 2.20. The first-order valence-electron chi connectivity index (χ1n) is 4.57. The number of benzene rings is 1. The molecule has 0 heterocycles. The highest BCUT2D eigenvalue weighted by Crippen LogP contribution is 2.35. The first-order valence-corrected chi connectivity index (χ1v) is 4.57. The zero-order valence-corrected chi connectivity index (χ0v) is 8.97. The molecule has 2 nitrogen and oxygen atoms in total. The molecule has 0 amide bonds. The second-order valence-electron chi connectivity index (χ2n) is 3.98. The molecule has 0 fully saturated rings. The van der Waals surface area contributed by atoms with E-state index in [2.05, 4.69) is 0 Å². The fourth-order valence-electron chi connectivity index (χ4n) is 1.44. The molecule has 1 rings (SSSR count). The minimum absolute atomic E-state index is 0.0625. The normalized spacial score (nSPS) is 11.6. The van der Waals surface area contributed by atoms with Gasteiger partial charge in [0.15, 0.2) is 11.6 Å². The number of aliphatic hydroxyl groups is 1. The summed E-state index contributed by atoms with van der Waals surface area (Å²) in [4.78, 5) is 0. The molecule has 0 saturated carbocycles. The molecule has 1 aromatic rings. The van der Waals surface area contributed by atoms with Gasteiger partial charge in [-0.05, 0) is 12.1 Å². The summed E-state index contributed by atoms with van der Waals surface area (Å²) >= 11 is 0. The number of halogens is 2. The van der Waals surface area contributed by atoms with Crippen LogP contribution in [0.4, 0.5) is 8.78 Å². The lowest BCUT2D eigenvalue weighted by atomic mass is 9.84. The summed E-state index contributed by atoms with van der Waals surface area (Å²) in [5, 5.41) is 9.14. The summed E-state index contributed by atoms with van der Waals surface area (Å²) in [7, 11) is 1.27. The van der Waals surface area contributed by atoms with E-state index in [1.807, 2.05) is 0 Å². The van der Waals surface area contributed by atoms with Crippen LogP contribution in [-0.4, -0.2) is 18.8 Å². The lowest BCUT2D eigenvalue weighted by Gasteiger charge is -2.25. The molecule has 0 aliphatic carbocycles. The van der Waals surface area contributed by atoms with E-state index in [0.717, 1.165) is 12.1 Å². The standard InChI is InChI=1S/C11H14F2O2/c1-11(2,6-14)9-7(12)4-5-8(13)10(9)15-3/h4-5,14H,6H2,1-3H3. The van der Waals surface area contributed by atoms with Crippen molar-refractivity contribution in [1.29, 1.82) is 0 Å². The van der Waals surface area contributed by atoms with Crippen LogP contribution >= 0.6 is 0 Å². The molecule has 0 saturated heterocycles. The number of rotatable bonds is 3. The highest BCUT2D eigenvalue weighted by molar-refractivity contribution is 5.41. The number of aliphatic hydroxyl groups excluding tert-OH is 1. The van der Waals surface area contributed by atoms with Crippen molar-refractivity contribution < 1.29 is 18.6 Å². The Balaban J connectivity index is 3.44. The fourth-order valence-corrected chi connectivity index (χ4v) is 1.44. The van der Waals surface area contributed by atoms with Crippen LogP contribution in [0, 0.1) is 11.6 Å². The molecule has 84 valence electrons. The molecular weight excluding hydrogens is 202 g/mol. The van der Waals surface area contributed by atoms with Gasteiger partial charge in [-0.1, -0.05) is 13.8 Å². The average molecular weight is 216 g/mol. The lowest BCUT2D eigenvalue weighted by Crippen LogP contribution is -2.25. The van der Waals surface area contributed by atoms with Crippen molar-refractivity contribution in [3.05, 3.63) is 29.3 Å². The molecule has 0 spiro atoms. The van der Waals surface area contributed by atoms with Crippen LogP contribution in [0.5, 0.6) is 5.75 Å². The Hall–Kier alpha value is -1.16. The van der Waals surface area contributed by atoms with Gasteiger partial charge in [0.1, 0.15) is 5.82 Å². The van der Waals surface area contributed by atoms with Crippen molar-refractivity contribution in [2.75, 3.05) is 13.7 Å².